The number of ether oxygens (including phenoxy) is 1. The summed E-state index contributed by atoms with van der Waals surface area (Å²) < 4.78 is 5.43. The summed E-state index contributed by atoms with van der Waals surface area (Å²) in [6, 6.07) is 6.34. The van der Waals surface area contributed by atoms with Gasteiger partial charge in [0.05, 0.1) is 12.6 Å². The summed E-state index contributed by atoms with van der Waals surface area (Å²) in [4.78, 5) is 81.0. The van der Waals surface area contributed by atoms with Gasteiger partial charge < -0.3 is 30.9 Å². The lowest BCUT2D eigenvalue weighted by molar-refractivity contribution is -0.145. The fourth-order valence-corrected chi connectivity index (χ4v) is 6.49. The van der Waals surface area contributed by atoms with Gasteiger partial charge in [-0.05, 0) is 61.3 Å². The van der Waals surface area contributed by atoms with E-state index < -0.39 is 64.6 Å². The predicted molar refractivity (Wildman–Crippen MR) is 174 cm³/mol. The lowest BCUT2D eigenvalue weighted by Gasteiger charge is -2.38. The summed E-state index contributed by atoms with van der Waals surface area (Å²) in [5.41, 5.74) is -0.772. The van der Waals surface area contributed by atoms with E-state index in [2.05, 4.69) is 21.3 Å². The Morgan fingerprint density at radius 2 is 1.57 bits per heavy atom. The van der Waals surface area contributed by atoms with Gasteiger partial charge in [0, 0.05) is 13.1 Å². The first-order valence-electron chi connectivity index (χ1n) is 16.5. The second kappa shape index (κ2) is 13.6. The largest absolute Gasteiger partial charge is 0.444 e. The SMILES string of the molecule is CC(C)(C)OC(=O)N[C@H](C(=O)N1C[C@H]2[C@@H]([C@H]1C(=O)NC(CC1CC1)C(=O)C(=O)NCC(=O)NCc1ccccc1)C2(C)C)C(C)(C)C. The third kappa shape index (κ3) is 9.10. The van der Waals surface area contributed by atoms with Crippen LogP contribution in [0.2, 0.25) is 0 Å². The number of nitrogens with one attached hydrogen (secondary N) is 4. The molecule has 0 spiro atoms. The number of fused-ring (bicyclic) bond motifs is 1. The van der Waals surface area contributed by atoms with Crippen LogP contribution in [-0.4, -0.2) is 77.2 Å². The Morgan fingerprint density at radius 1 is 0.936 bits per heavy atom. The number of carbonyl (C=O) groups is 6. The molecule has 1 aromatic carbocycles. The van der Waals surface area contributed by atoms with Gasteiger partial charge in [0.2, 0.25) is 23.5 Å². The molecule has 4 rings (SSSR count). The van der Waals surface area contributed by atoms with Crippen LogP contribution in [0.4, 0.5) is 4.79 Å². The average molecular weight is 654 g/mol. The number of alkyl carbamates (subject to hydrolysis) is 1. The second-order valence-electron chi connectivity index (χ2n) is 15.9. The molecule has 1 aromatic rings. The highest BCUT2D eigenvalue weighted by molar-refractivity contribution is 6.38. The zero-order chi connectivity index (χ0) is 34.9. The van der Waals surface area contributed by atoms with Gasteiger partial charge in [-0.15, -0.1) is 0 Å². The first-order chi connectivity index (χ1) is 21.8. The Labute approximate surface area is 277 Å². The predicted octanol–water partition coefficient (Wildman–Crippen LogP) is 2.70. The average Bonchev–Trinajstić information content (AvgIpc) is 3.83. The number of hydrogen-bond donors (Lipinski definition) is 4. The molecular formula is C35H51N5O7. The number of carbonyl (C=O) groups excluding carboxylic acids is 6. The van der Waals surface area contributed by atoms with Crippen LogP contribution < -0.4 is 21.3 Å². The third-order valence-corrected chi connectivity index (χ3v) is 9.40. The van der Waals surface area contributed by atoms with Gasteiger partial charge >= 0.3 is 6.09 Å². The minimum atomic E-state index is -1.10. The Balaban J connectivity index is 1.44. The number of ketones is 1. The van der Waals surface area contributed by atoms with Gasteiger partial charge in [0.25, 0.3) is 5.91 Å². The fraction of sp³-hybridized carbons (Fsp3) is 0.657. The van der Waals surface area contributed by atoms with Crippen LogP contribution in [0.25, 0.3) is 0 Å². The molecule has 0 bridgehead atoms. The normalized spacial score (nSPS) is 22.6. The van der Waals surface area contributed by atoms with Crippen LogP contribution in [0.3, 0.4) is 0 Å². The van der Waals surface area contributed by atoms with Gasteiger partial charge in [-0.25, -0.2) is 4.79 Å². The molecule has 2 saturated carbocycles. The topological polar surface area (TPSA) is 163 Å². The van der Waals surface area contributed by atoms with Crippen molar-refractivity contribution in [3.05, 3.63) is 35.9 Å². The Bertz CT molecular complexity index is 1380. The number of piperidine rings is 1. The Kier molecular flexibility index (Phi) is 10.4. The van der Waals surface area contributed by atoms with Crippen molar-refractivity contribution in [1.82, 2.24) is 26.2 Å². The minimum absolute atomic E-state index is 0.0691. The maximum Gasteiger partial charge on any atom is 0.408 e. The monoisotopic (exact) mass is 653 g/mol. The van der Waals surface area contributed by atoms with E-state index in [1.807, 2.05) is 65.0 Å². The van der Waals surface area contributed by atoms with E-state index >= 15 is 0 Å². The van der Waals surface area contributed by atoms with Crippen LogP contribution in [0.15, 0.2) is 30.3 Å². The molecule has 1 unspecified atom stereocenters. The van der Waals surface area contributed by atoms with Crippen molar-refractivity contribution in [1.29, 1.82) is 0 Å². The van der Waals surface area contributed by atoms with Crippen LogP contribution in [0.5, 0.6) is 0 Å². The summed E-state index contributed by atoms with van der Waals surface area (Å²) >= 11 is 0. The maximum atomic E-state index is 14.1. The molecule has 5 atom stereocenters. The first-order valence-corrected chi connectivity index (χ1v) is 16.5. The second-order valence-corrected chi connectivity index (χ2v) is 15.9. The van der Waals surface area contributed by atoms with E-state index in [4.69, 9.17) is 4.74 Å². The number of amides is 5. The summed E-state index contributed by atoms with van der Waals surface area (Å²) in [7, 11) is 0. The van der Waals surface area contributed by atoms with E-state index in [0.29, 0.717) is 13.0 Å². The number of nitrogens with zero attached hydrogens (tertiary/aromatic N) is 1. The molecule has 0 aromatic heterocycles. The smallest absolute Gasteiger partial charge is 0.408 e. The number of Topliss-reactive ketones (excluding diaryl/α,β-unsaturated/α-hetero) is 1. The summed E-state index contributed by atoms with van der Waals surface area (Å²) in [6.45, 7) is 15.0. The third-order valence-electron chi connectivity index (χ3n) is 9.40. The van der Waals surface area contributed by atoms with E-state index in [-0.39, 0.29) is 36.3 Å². The molecule has 1 heterocycles. The molecule has 1 saturated heterocycles. The Morgan fingerprint density at radius 3 is 2.15 bits per heavy atom. The van der Waals surface area contributed by atoms with Crippen molar-refractivity contribution in [3.63, 3.8) is 0 Å². The zero-order valence-electron chi connectivity index (χ0n) is 28.9. The quantitative estimate of drug-likeness (QED) is 0.252. The molecule has 2 aliphatic carbocycles. The molecule has 258 valence electrons. The van der Waals surface area contributed by atoms with Gasteiger partial charge in [0.1, 0.15) is 17.7 Å². The van der Waals surface area contributed by atoms with E-state index in [1.54, 1.807) is 20.8 Å². The molecular weight excluding hydrogens is 602 g/mol. The highest BCUT2D eigenvalue weighted by Crippen LogP contribution is 2.65. The van der Waals surface area contributed by atoms with Crippen molar-refractivity contribution >= 4 is 35.5 Å². The highest BCUT2D eigenvalue weighted by atomic mass is 16.6. The van der Waals surface area contributed by atoms with Gasteiger partial charge in [-0.2, -0.15) is 0 Å². The van der Waals surface area contributed by atoms with Crippen molar-refractivity contribution in [2.24, 2.45) is 28.6 Å². The van der Waals surface area contributed by atoms with E-state index in [1.165, 1.54) is 4.90 Å². The van der Waals surface area contributed by atoms with Gasteiger partial charge in [0.15, 0.2) is 0 Å². The molecule has 0 radical (unpaired) electrons. The van der Waals surface area contributed by atoms with Crippen LogP contribution in [-0.2, 0) is 35.3 Å². The summed E-state index contributed by atoms with van der Waals surface area (Å²) in [5, 5.41) is 10.6. The van der Waals surface area contributed by atoms with E-state index in [9.17, 15) is 28.8 Å². The Hall–Kier alpha value is -3.96. The molecule has 47 heavy (non-hydrogen) atoms. The van der Waals surface area contributed by atoms with Crippen molar-refractivity contribution in [3.8, 4) is 0 Å². The number of benzene rings is 1. The summed E-state index contributed by atoms with van der Waals surface area (Å²) in [6.07, 6.45) is 1.34. The first kappa shape index (κ1) is 35.9. The lowest BCUT2D eigenvalue weighted by atomic mass is 9.85. The molecule has 4 N–H and O–H groups in total. The molecule has 12 nitrogen and oxygen atoms in total. The maximum absolute atomic E-state index is 14.1. The fourth-order valence-electron chi connectivity index (χ4n) is 6.49. The molecule has 1 aliphatic heterocycles. The van der Waals surface area contributed by atoms with Gasteiger partial charge in [-0.3, -0.25) is 24.0 Å². The molecule has 3 aliphatic rings. The van der Waals surface area contributed by atoms with Crippen LogP contribution in [0, 0.1) is 28.6 Å². The van der Waals surface area contributed by atoms with Crippen LogP contribution in [0.1, 0.15) is 80.2 Å². The number of likely N-dealkylation sites (tertiary alicyclic amines) is 1. The lowest BCUT2D eigenvalue weighted by Crippen LogP contribution is -2.61. The molecule has 12 heteroatoms. The van der Waals surface area contributed by atoms with Crippen molar-refractivity contribution in [2.75, 3.05) is 13.1 Å². The van der Waals surface area contributed by atoms with E-state index in [0.717, 1.165) is 18.4 Å². The van der Waals surface area contributed by atoms with Gasteiger partial charge in [-0.1, -0.05) is 77.8 Å². The van der Waals surface area contributed by atoms with Crippen LogP contribution >= 0.6 is 0 Å². The number of hydrogen-bond acceptors (Lipinski definition) is 7. The van der Waals surface area contributed by atoms with Crippen molar-refractivity contribution < 1.29 is 33.5 Å². The summed E-state index contributed by atoms with van der Waals surface area (Å²) in [5.74, 6) is -3.03. The molecule has 5 amide bonds. The zero-order valence-corrected chi connectivity index (χ0v) is 28.9. The number of rotatable bonds is 12. The minimum Gasteiger partial charge on any atom is -0.444 e. The molecule has 3 fully saturated rings. The highest BCUT2D eigenvalue weighted by Gasteiger charge is 2.70. The van der Waals surface area contributed by atoms with Crippen molar-refractivity contribution in [2.45, 2.75) is 105 Å². The standard InChI is InChI=1S/C35H51N5O7/c1-33(2,3)28(39-32(46)47-34(4,5)6)31(45)40-19-22-25(35(22,7)8)26(40)29(43)38-23(16-20-14-15-20)27(42)30(44)37-18-24(41)36-17-21-12-10-9-11-13-21/h9-13,20,22-23,25-26,28H,14-19H2,1-8H3,(H,36,41)(H,37,44)(H,38,43)(H,39,46)/t22-,23?,25-,26-,28+/m0/s1.